The highest BCUT2D eigenvalue weighted by Gasteiger charge is 2.75. The van der Waals surface area contributed by atoms with Gasteiger partial charge in [0.15, 0.2) is 9.75 Å². The lowest BCUT2D eigenvalue weighted by atomic mass is 9.56. The first kappa shape index (κ1) is 23.8. The molecule has 2 saturated heterocycles. The zero-order chi connectivity index (χ0) is 25.4. The summed E-state index contributed by atoms with van der Waals surface area (Å²) in [5.41, 5.74) is 1.07. The van der Waals surface area contributed by atoms with Crippen molar-refractivity contribution >= 4 is 52.8 Å². The number of amides is 4. The fraction of sp³-hybridized carbons (Fsp3) is 0.458. The molecule has 11 heteroatoms. The molecule has 184 valence electrons. The third kappa shape index (κ3) is 3.04. The number of allylic oxidation sites excluding steroid dienone is 2. The van der Waals surface area contributed by atoms with Crippen LogP contribution in [0.2, 0.25) is 0 Å². The summed E-state index contributed by atoms with van der Waals surface area (Å²) in [6, 6.07) is 6.15. The predicted octanol–water partition coefficient (Wildman–Crippen LogP) is 1.86. The minimum Gasteiger partial charge on any atom is -0.508 e. The molecule has 5 rings (SSSR count). The van der Waals surface area contributed by atoms with Crippen LogP contribution in [-0.4, -0.2) is 73.0 Å². The van der Waals surface area contributed by atoms with Crippen molar-refractivity contribution in [2.24, 2.45) is 17.8 Å². The zero-order valence-electron chi connectivity index (χ0n) is 18.6. The molecule has 0 bridgehead atoms. The summed E-state index contributed by atoms with van der Waals surface area (Å²) >= 11 is 14.0. The van der Waals surface area contributed by atoms with Crippen LogP contribution < -0.4 is 0 Å². The smallest absolute Gasteiger partial charge is 0.305 e. The summed E-state index contributed by atoms with van der Waals surface area (Å²) in [5.74, 6) is -6.74. The van der Waals surface area contributed by atoms with Crippen LogP contribution in [0.15, 0.2) is 35.9 Å². The molecule has 2 N–H and O–H groups in total. The number of benzene rings is 1. The Labute approximate surface area is 210 Å². The molecule has 4 aliphatic rings. The minimum atomic E-state index is -1.90. The lowest BCUT2D eigenvalue weighted by Crippen LogP contribution is -2.60. The van der Waals surface area contributed by atoms with Gasteiger partial charge in [-0.3, -0.25) is 33.8 Å². The third-order valence-electron chi connectivity index (χ3n) is 7.86. The number of carbonyl (C=O) groups is 5. The number of fused-ring (bicyclic) bond motifs is 4. The summed E-state index contributed by atoms with van der Waals surface area (Å²) in [7, 11) is 1.30. The Bertz CT molecular complexity index is 1230. The molecule has 2 aliphatic carbocycles. The van der Waals surface area contributed by atoms with Gasteiger partial charge in [-0.05, 0) is 36.5 Å². The number of carboxylic acids is 1. The number of nitrogens with zero attached hydrogens (tertiary/aromatic N) is 2. The van der Waals surface area contributed by atoms with Crippen LogP contribution >= 0.6 is 23.2 Å². The number of likely N-dealkylation sites (tertiary alicyclic amines) is 2. The molecule has 0 aromatic heterocycles. The normalized spacial score (nSPS) is 36.1. The molecular formula is C24H22Cl2N2O7. The fourth-order valence-electron chi connectivity index (χ4n) is 6.32. The van der Waals surface area contributed by atoms with E-state index < -0.39 is 63.0 Å². The summed E-state index contributed by atoms with van der Waals surface area (Å²) in [4.78, 5) is 62.2. The Hall–Kier alpha value is -2.91. The zero-order valence-corrected chi connectivity index (χ0v) is 20.1. The van der Waals surface area contributed by atoms with E-state index in [2.05, 4.69) is 0 Å². The maximum atomic E-state index is 13.4. The van der Waals surface area contributed by atoms with Crippen LogP contribution in [0.25, 0.3) is 0 Å². The highest BCUT2D eigenvalue weighted by Crippen LogP contribution is 2.65. The highest BCUT2D eigenvalue weighted by atomic mass is 35.5. The standard InChI is InChI=1S/C24H22Cl2N2O7/c1-27-21(34)23(25)10-15-13(18(24(23,26)22(27)35)11-3-2-4-12(29)9-11)5-6-14-17(15)20(33)28(19(14)32)8-7-16(30)31/h2-5,9,14-15,17-18,29H,6-8,10H2,1H3,(H,30,31). The SMILES string of the molecule is CN1C(=O)C2(Cl)CC3C(=CCC4C(=O)N(CCC(=O)O)C(=O)C43)C(c3cccc(O)c3)C2(Cl)C1=O. The molecule has 9 nitrogen and oxygen atoms in total. The van der Waals surface area contributed by atoms with E-state index in [9.17, 15) is 29.1 Å². The van der Waals surface area contributed by atoms with E-state index in [1.54, 1.807) is 18.2 Å². The number of aromatic hydroxyl groups is 1. The molecule has 4 amide bonds. The lowest BCUT2D eigenvalue weighted by molar-refractivity contribution is -0.143. The van der Waals surface area contributed by atoms with Gasteiger partial charge < -0.3 is 10.2 Å². The number of imide groups is 2. The van der Waals surface area contributed by atoms with Crippen molar-refractivity contribution in [2.45, 2.75) is 34.9 Å². The van der Waals surface area contributed by atoms with Crippen LogP contribution in [0.3, 0.4) is 0 Å². The maximum absolute atomic E-state index is 13.4. The molecule has 3 fully saturated rings. The molecule has 1 saturated carbocycles. The van der Waals surface area contributed by atoms with Gasteiger partial charge in [0.25, 0.3) is 11.8 Å². The van der Waals surface area contributed by atoms with Crippen molar-refractivity contribution < 1.29 is 34.2 Å². The second-order valence-electron chi connectivity index (χ2n) is 9.56. The minimum absolute atomic E-state index is 0.0727. The van der Waals surface area contributed by atoms with Crippen LogP contribution in [0.5, 0.6) is 5.75 Å². The second kappa shape index (κ2) is 7.80. The first-order valence-corrected chi connectivity index (χ1v) is 12.0. The van der Waals surface area contributed by atoms with Crippen LogP contribution in [0.4, 0.5) is 0 Å². The number of alkyl halides is 2. The van der Waals surface area contributed by atoms with Gasteiger partial charge in [-0.2, -0.15) is 0 Å². The Morgan fingerprint density at radius 1 is 1.11 bits per heavy atom. The molecule has 0 spiro atoms. The van der Waals surface area contributed by atoms with Gasteiger partial charge in [0.05, 0.1) is 18.3 Å². The number of phenols is 1. The molecule has 6 atom stereocenters. The number of carbonyl (C=O) groups excluding carboxylic acids is 4. The van der Waals surface area contributed by atoms with Crippen LogP contribution in [0.1, 0.15) is 30.7 Å². The molecule has 6 unspecified atom stereocenters. The topological polar surface area (TPSA) is 132 Å². The number of hydrogen-bond donors (Lipinski definition) is 2. The molecule has 1 aromatic carbocycles. The fourth-order valence-corrected chi connectivity index (χ4v) is 7.33. The van der Waals surface area contributed by atoms with Crippen molar-refractivity contribution in [1.29, 1.82) is 0 Å². The van der Waals surface area contributed by atoms with E-state index >= 15 is 0 Å². The van der Waals surface area contributed by atoms with Gasteiger partial charge in [0.1, 0.15) is 5.75 Å². The maximum Gasteiger partial charge on any atom is 0.305 e. The largest absolute Gasteiger partial charge is 0.508 e. The van der Waals surface area contributed by atoms with E-state index in [4.69, 9.17) is 28.3 Å². The van der Waals surface area contributed by atoms with Gasteiger partial charge in [-0.25, -0.2) is 0 Å². The van der Waals surface area contributed by atoms with Gasteiger partial charge in [0.2, 0.25) is 11.8 Å². The molecule has 2 aliphatic heterocycles. The first-order chi connectivity index (χ1) is 16.4. The monoisotopic (exact) mass is 520 g/mol. The summed E-state index contributed by atoms with van der Waals surface area (Å²) < 4.78 is 0. The number of carboxylic acid groups (broad SMARTS) is 1. The van der Waals surface area contributed by atoms with E-state index in [1.165, 1.54) is 19.2 Å². The number of halogens is 2. The van der Waals surface area contributed by atoms with Gasteiger partial charge in [-0.1, -0.05) is 23.8 Å². The lowest BCUT2D eigenvalue weighted by Gasteiger charge is -2.50. The van der Waals surface area contributed by atoms with Crippen LogP contribution in [-0.2, 0) is 24.0 Å². The summed E-state index contributed by atoms with van der Waals surface area (Å²) in [6.45, 7) is -0.246. The first-order valence-electron chi connectivity index (χ1n) is 11.2. The average molecular weight is 521 g/mol. The van der Waals surface area contributed by atoms with Crippen molar-refractivity contribution in [2.75, 3.05) is 13.6 Å². The van der Waals surface area contributed by atoms with Crippen molar-refractivity contribution in [3.05, 3.63) is 41.5 Å². The van der Waals surface area contributed by atoms with Crippen molar-refractivity contribution in [1.82, 2.24) is 9.80 Å². The molecule has 0 radical (unpaired) electrons. The number of phenolic OH excluding ortho intramolecular Hbond substituents is 1. The Morgan fingerprint density at radius 3 is 2.49 bits per heavy atom. The Kier molecular flexibility index (Phi) is 5.30. The summed E-state index contributed by atoms with van der Waals surface area (Å²) in [5, 5.41) is 19.2. The van der Waals surface area contributed by atoms with Gasteiger partial charge in [-0.15, -0.1) is 23.2 Å². The summed E-state index contributed by atoms with van der Waals surface area (Å²) in [6.07, 6.45) is 1.46. The third-order valence-corrected chi connectivity index (χ3v) is 9.27. The quantitative estimate of drug-likeness (QED) is 0.351. The van der Waals surface area contributed by atoms with E-state index in [0.29, 0.717) is 11.1 Å². The molecule has 2 heterocycles. The number of rotatable bonds is 4. The average Bonchev–Trinajstić information content (AvgIpc) is 3.12. The molecular weight excluding hydrogens is 499 g/mol. The second-order valence-corrected chi connectivity index (χ2v) is 10.8. The van der Waals surface area contributed by atoms with Gasteiger partial charge >= 0.3 is 5.97 Å². The highest BCUT2D eigenvalue weighted by molar-refractivity contribution is 6.53. The Morgan fingerprint density at radius 2 is 1.83 bits per heavy atom. The van der Waals surface area contributed by atoms with E-state index in [0.717, 1.165) is 9.80 Å². The van der Waals surface area contributed by atoms with E-state index in [1.807, 2.05) is 0 Å². The molecule has 1 aromatic rings. The van der Waals surface area contributed by atoms with E-state index in [-0.39, 0.29) is 31.6 Å². The van der Waals surface area contributed by atoms with Gasteiger partial charge in [0, 0.05) is 19.5 Å². The van der Waals surface area contributed by atoms with Crippen LogP contribution in [0, 0.1) is 17.8 Å². The van der Waals surface area contributed by atoms with Crippen molar-refractivity contribution in [3.63, 3.8) is 0 Å². The Balaban J connectivity index is 1.65. The molecule has 35 heavy (non-hydrogen) atoms. The predicted molar refractivity (Wildman–Crippen MR) is 123 cm³/mol. The number of hydrogen-bond acceptors (Lipinski definition) is 6. The van der Waals surface area contributed by atoms with Crippen molar-refractivity contribution in [3.8, 4) is 5.75 Å². The number of aliphatic carboxylic acids is 1.